The molecule has 4 heteroatoms. The Hall–Kier alpha value is -0.160. The number of nitrogens with zero attached hydrogens (tertiary/aromatic N) is 1. The van der Waals surface area contributed by atoms with E-state index in [1.807, 2.05) is 25.7 Å². The van der Waals surface area contributed by atoms with Gasteiger partial charge in [0.05, 0.1) is 5.60 Å². The summed E-state index contributed by atoms with van der Waals surface area (Å²) in [6.07, 6.45) is 3.41. The first-order chi connectivity index (χ1) is 7.85. The van der Waals surface area contributed by atoms with Crippen LogP contribution in [0.2, 0.25) is 0 Å². The summed E-state index contributed by atoms with van der Waals surface area (Å²) in [5.41, 5.74) is 5.84. The number of rotatable bonds is 5. The maximum absolute atomic E-state index is 10.1. The van der Waals surface area contributed by atoms with Crippen LogP contribution < -0.4 is 5.73 Å². The third kappa shape index (κ3) is 4.54. The van der Waals surface area contributed by atoms with E-state index in [1.54, 1.807) is 0 Å². The second kappa shape index (κ2) is 6.14. The zero-order chi connectivity index (χ0) is 13.1. The highest BCUT2D eigenvalue weighted by molar-refractivity contribution is 4.87. The summed E-state index contributed by atoms with van der Waals surface area (Å²) in [7, 11) is 0. The van der Waals surface area contributed by atoms with Crippen molar-refractivity contribution in [1.82, 2.24) is 4.90 Å². The molecular weight excluding hydrogens is 216 g/mol. The molecule has 102 valence electrons. The average molecular weight is 244 g/mol. The average Bonchev–Trinajstić information content (AvgIpc) is 2.63. The van der Waals surface area contributed by atoms with E-state index < -0.39 is 6.41 Å². The summed E-state index contributed by atoms with van der Waals surface area (Å²) >= 11 is 0. The van der Waals surface area contributed by atoms with Gasteiger partial charge in [-0.1, -0.05) is 13.3 Å². The molecule has 0 aromatic rings. The molecule has 1 rings (SSSR count). The molecule has 0 saturated carbocycles. The lowest BCUT2D eigenvalue weighted by molar-refractivity contribution is -0.243. The van der Waals surface area contributed by atoms with Gasteiger partial charge in [0, 0.05) is 18.6 Å². The smallest absolute Gasteiger partial charge is 0.216 e. The molecular formula is C13H28N2O2. The lowest BCUT2D eigenvalue weighted by Crippen LogP contribution is -2.51. The lowest BCUT2D eigenvalue weighted by Gasteiger charge is -2.35. The topological polar surface area (TPSA) is 58.7 Å². The molecule has 0 aromatic carbocycles. The van der Waals surface area contributed by atoms with Gasteiger partial charge in [-0.15, -0.1) is 0 Å². The SMILES string of the molecule is CCC[C@H](N)C1CCCN1C(O)OC(C)(C)C. The van der Waals surface area contributed by atoms with Gasteiger partial charge in [-0.2, -0.15) is 0 Å². The Morgan fingerprint density at radius 3 is 2.65 bits per heavy atom. The predicted octanol–water partition coefficient (Wildman–Crippen LogP) is 1.67. The maximum atomic E-state index is 10.1. The minimum Gasteiger partial charge on any atom is -0.356 e. The molecule has 0 bridgehead atoms. The Morgan fingerprint density at radius 2 is 2.12 bits per heavy atom. The highest BCUT2D eigenvalue weighted by Gasteiger charge is 2.35. The number of likely N-dealkylation sites (tertiary alicyclic amines) is 1. The Balaban J connectivity index is 2.56. The predicted molar refractivity (Wildman–Crippen MR) is 69.5 cm³/mol. The lowest BCUT2D eigenvalue weighted by atomic mass is 10.0. The standard InChI is InChI=1S/C13H28N2O2/c1-5-7-10(14)11-8-6-9-15(11)12(16)17-13(2,3)4/h10-12,16H,5-9,14H2,1-4H3/t10-,11?,12?/m0/s1. The molecule has 17 heavy (non-hydrogen) atoms. The summed E-state index contributed by atoms with van der Waals surface area (Å²) in [5, 5.41) is 10.1. The molecule has 1 aliphatic rings. The fraction of sp³-hybridized carbons (Fsp3) is 1.00. The van der Waals surface area contributed by atoms with Crippen molar-refractivity contribution in [2.45, 2.75) is 77.5 Å². The van der Waals surface area contributed by atoms with Crippen molar-refractivity contribution in [2.24, 2.45) is 5.73 Å². The number of aliphatic hydroxyl groups excluding tert-OH is 1. The Bertz CT molecular complexity index is 228. The van der Waals surface area contributed by atoms with Crippen molar-refractivity contribution in [1.29, 1.82) is 0 Å². The molecule has 0 amide bonds. The third-order valence-corrected chi connectivity index (χ3v) is 3.20. The van der Waals surface area contributed by atoms with Crippen molar-refractivity contribution < 1.29 is 9.84 Å². The van der Waals surface area contributed by atoms with Crippen LogP contribution in [-0.2, 0) is 4.74 Å². The first-order valence-corrected chi connectivity index (χ1v) is 6.72. The second-order valence-electron chi connectivity index (χ2n) is 5.96. The summed E-state index contributed by atoms with van der Waals surface area (Å²) in [5.74, 6) is 0. The molecule has 1 heterocycles. The summed E-state index contributed by atoms with van der Waals surface area (Å²) in [4.78, 5) is 2.01. The highest BCUT2D eigenvalue weighted by Crippen LogP contribution is 2.25. The molecule has 1 aliphatic heterocycles. The van der Waals surface area contributed by atoms with Crippen molar-refractivity contribution >= 4 is 0 Å². The monoisotopic (exact) mass is 244 g/mol. The maximum Gasteiger partial charge on any atom is 0.216 e. The molecule has 4 nitrogen and oxygen atoms in total. The van der Waals surface area contributed by atoms with Gasteiger partial charge in [0.2, 0.25) is 6.41 Å². The molecule has 0 aliphatic carbocycles. The van der Waals surface area contributed by atoms with Crippen LogP contribution in [-0.4, -0.2) is 40.6 Å². The Morgan fingerprint density at radius 1 is 1.47 bits per heavy atom. The second-order valence-corrected chi connectivity index (χ2v) is 5.96. The van der Waals surface area contributed by atoms with E-state index in [0.717, 1.165) is 32.2 Å². The number of nitrogens with two attached hydrogens (primary N) is 1. The number of hydrogen-bond donors (Lipinski definition) is 2. The van der Waals surface area contributed by atoms with Gasteiger partial charge < -0.3 is 15.6 Å². The van der Waals surface area contributed by atoms with E-state index in [1.165, 1.54) is 0 Å². The summed E-state index contributed by atoms with van der Waals surface area (Å²) in [6.45, 7) is 8.87. The van der Waals surface area contributed by atoms with Gasteiger partial charge in [-0.25, -0.2) is 0 Å². The van der Waals surface area contributed by atoms with Crippen LogP contribution in [0, 0.1) is 0 Å². The quantitative estimate of drug-likeness (QED) is 0.722. The molecule has 1 saturated heterocycles. The minimum atomic E-state index is -0.828. The van der Waals surface area contributed by atoms with Crippen molar-refractivity contribution in [3.8, 4) is 0 Å². The van der Waals surface area contributed by atoms with Gasteiger partial charge in [-0.3, -0.25) is 4.90 Å². The zero-order valence-electron chi connectivity index (χ0n) is 11.6. The number of aliphatic hydroxyl groups is 1. The van der Waals surface area contributed by atoms with Crippen molar-refractivity contribution in [3.63, 3.8) is 0 Å². The highest BCUT2D eigenvalue weighted by atomic mass is 16.6. The van der Waals surface area contributed by atoms with Crippen LogP contribution in [0.1, 0.15) is 53.4 Å². The van der Waals surface area contributed by atoms with Crippen LogP contribution in [0.15, 0.2) is 0 Å². The first-order valence-electron chi connectivity index (χ1n) is 6.72. The van der Waals surface area contributed by atoms with Crippen LogP contribution >= 0.6 is 0 Å². The molecule has 3 N–H and O–H groups in total. The molecule has 2 unspecified atom stereocenters. The van der Waals surface area contributed by atoms with Crippen LogP contribution in [0.4, 0.5) is 0 Å². The fourth-order valence-corrected chi connectivity index (χ4v) is 2.46. The minimum absolute atomic E-state index is 0.140. The molecule has 0 aromatic heterocycles. The Kier molecular flexibility index (Phi) is 5.38. The van der Waals surface area contributed by atoms with Gasteiger partial charge in [0.1, 0.15) is 0 Å². The van der Waals surface area contributed by atoms with Crippen LogP contribution in [0.5, 0.6) is 0 Å². The van der Waals surface area contributed by atoms with Gasteiger partial charge in [0.25, 0.3) is 0 Å². The van der Waals surface area contributed by atoms with E-state index in [4.69, 9.17) is 10.5 Å². The van der Waals surface area contributed by atoms with E-state index in [9.17, 15) is 5.11 Å². The molecule has 0 radical (unpaired) electrons. The van der Waals surface area contributed by atoms with E-state index >= 15 is 0 Å². The van der Waals surface area contributed by atoms with Crippen molar-refractivity contribution in [2.75, 3.05) is 6.54 Å². The van der Waals surface area contributed by atoms with E-state index in [2.05, 4.69) is 6.92 Å². The number of hydrogen-bond acceptors (Lipinski definition) is 4. The third-order valence-electron chi connectivity index (χ3n) is 3.20. The summed E-state index contributed by atoms with van der Waals surface area (Å²) in [6, 6.07) is 0.396. The normalized spacial score (nSPS) is 26.1. The zero-order valence-corrected chi connectivity index (χ0v) is 11.6. The van der Waals surface area contributed by atoms with Gasteiger partial charge in [-0.05, 0) is 40.0 Å². The first kappa shape index (κ1) is 14.9. The van der Waals surface area contributed by atoms with E-state index in [-0.39, 0.29) is 17.7 Å². The van der Waals surface area contributed by atoms with Crippen molar-refractivity contribution in [3.05, 3.63) is 0 Å². The van der Waals surface area contributed by atoms with Crippen LogP contribution in [0.25, 0.3) is 0 Å². The number of ether oxygens (including phenoxy) is 1. The summed E-state index contributed by atoms with van der Waals surface area (Å²) < 4.78 is 5.61. The van der Waals surface area contributed by atoms with Gasteiger partial charge in [0.15, 0.2) is 0 Å². The molecule has 3 atom stereocenters. The molecule has 1 fully saturated rings. The van der Waals surface area contributed by atoms with Crippen LogP contribution in [0.3, 0.4) is 0 Å². The van der Waals surface area contributed by atoms with Gasteiger partial charge >= 0.3 is 0 Å². The van der Waals surface area contributed by atoms with E-state index in [0.29, 0.717) is 0 Å². The molecule has 0 spiro atoms. The Labute approximate surface area is 105 Å². The largest absolute Gasteiger partial charge is 0.356 e. The fourth-order valence-electron chi connectivity index (χ4n) is 2.46.